The van der Waals surface area contributed by atoms with Crippen LogP contribution in [0.5, 0.6) is 11.5 Å². The first-order valence-electron chi connectivity index (χ1n) is 18.9. The Balaban J connectivity index is 1.10. The maximum atomic E-state index is 6.52. The van der Waals surface area contributed by atoms with E-state index < -0.39 is 5.41 Å². The number of aromatic nitrogens is 3. The van der Waals surface area contributed by atoms with Gasteiger partial charge in [0.1, 0.15) is 11.5 Å². The molecule has 0 bridgehead atoms. The van der Waals surface area contributed by atoms with Crippen molar-refractivity contribution in [3.63, 3.8) is 0 Å². The van der Waals surface area contributed by atoms with Crippen LogP contribution in [0, 0.1) is 0 Å². The minimum Gasteiger partial charge on any atom is -0.457 e. The lowest BCUT2D eigenvalue weighted by Gasteiger charge is -2.41. The number of para-hydroxylation sites is 2. The minimum atomic E-state index is -0.589. The number of hydrogen-bond donors (Lipinski definition) is 0. The van der Waals surface area contributed by atoms with E-state index in [1.165, 1.54) is 11.1 Å². The summed E-state index contributed by atoms with van der Waals surface area (Å²) in [6, 6.07) is 73.9. The van der Waals surface area contributed by atoms with E-state index in [1.807, 2.05) is 54.6 Å². The molecule has 1 aliphatic heterocycles. The lowest BCUT2D eigenvalue weighted by atomic mass is 9.63. The van der Waals surface area contributed by atoms with Gasteiger partial charge in [-0.15, -0.1) is 0 Å². The van der Waals surface area contributed by atoms with Gasteiger partial charge in [-0.05, 0) is 45.5 Å². The summed E-state index contributed by atoms with van der Waals surface area (Å²) >= 11 is 0. The highest BCUT2D eigenvalue weighted by atomic mass is 16.5. The third-order valence-corrected chi connectivity index (χ3v) is 10.7. The van der Waals surface area contributed by atoms with Gasteiger partial charge in [0.2, 0.25) is 0 Å². The van der Waals surface area contributed by atoms with Crippen molar-refractivity contribution in [1.29, 1.82) is 0 Å². The SMILES string of the molecule is c1ccc(-c2ccc(-c3nc(-c4ccccc4)nc(-c4ccccc4-c4ccc(C5(c6ccccc6)c6ccccc6Oc6ccccc65)cc4)n3)cc2)cc1. The minimum absolute atomic E-state index is 0.589. The quantitative estimate of drug-likeness (QED) is 0.165. The van der Waals surface area contributed by atoms with Gasteiger partial charge in [0, 0.05) is 27.8 Å². The zero-order chi connectivity index (χ0) is 37.3. The Kier molecular flexibility index (Phi) is 8.34. The van der Waals surface area contributed by atoms with Gasteiger partial charge in [-0.1, -0.05) is 200 Å². The molecule has 56 heavy (non-hydrogen) atoms. The summed E-state index contributed by atoms with van der Waals surface area (Å²) in [6.45, 7) is 0. The van der Waals surface area contributed by atoms with Gasteiger partial charge in [0.15, 0.2) is 17.5 Å². The summed E-state index contributed by atoms with van der Waals surface area (Å²) in [5, 5.41) is 0. The molecule has 4 heteroatoms. The lowest BCUT2D eigenvalue weighted by Crippen LogP contribution is -2.34. The van der Waals surface area contributed by atoms with Crippen molar-refractivity contribution in [2.24, 2.45) is 0 Å². The molecule has 1 aliphatic rings. The number of ether oxygens (including phenoxy) is 1. The molecule has 0 unspecified atom stereocenters. The van der Waals surface area contributed by atoms with E-state index >= 15 is 0 Å². The third-order valence-electron chi connectivity index (χ3n) is 10.7. The largest absolute Gasteiger partial charge is 0.457 e. The van der Waals surface area contributed by atoms with Gasteiger partial charge in [-0.25, -0.2) is 15.0 Å². The first-order chi connectivity index (χ1) is 27.8. The van der Waals surface area contributed by atoms with Crippen LogP contribution in [0.1, 0.15) is 22.3 Å². The Hall–Kier alpha value is -7.43. The molecule has 0 N–H and O–H groups in total. The van der Waals surface area contributed by atoms with Gasteiger partial charge in [-0.2, -0.15) is 0 Å². The number of nitrogens with zero attached hydrogens (tertiary/aromatic N) is 3. The molecular weight excluding hydrogens is 683 g/mol. The average molecular weight is 718 g/mol. The van der Waals surface area contributed by atoms with Gasteiger partial charge in [0.25, 0.3) is 0 Å². The highest BCUT2D eigenvalue weighted by molar-refractivity contribution is 5.82. The molecule has 0 aliphatic carbocycles. The zero-order valence-corrected chi connectivity index (χ0v) is 30.5. The molecule has 2 heterocycles. The number of hydrogen-bond acceptors (Lipinski definition) is 4. The van der Waals surface area contributed by atoms with Crippen molar-refractivity contribution in [2.45, 2.75) is 5.41 Å². The fraction of sp³-hybridized carbons (Fsp3) is 0.0192. The van der Waals surface area contributed by atoms with Crippen LogP contribution in [0.2, 0.25) is 0 Å². The van der Waals surface area contributed by atoms with Crippen LogP contribution in [0.25, 0.3) is 56.4 Å². The summed E-state index contributed by atoms with van der Waals surface area (Å²) in [7, 11) is 0. The smallest absolute Gasteiger partial charge is 0.164 e. The zero-order valence-electron chi connectivity index (χ0n) is 30.5. The molecular formula is C52H35N3O. The molecule has 0 amide bonds. The molecule has 0 saturated carbocycles. The lowest BCUT2D eigenvalue weighted by molar-refractivity contribution is 0.434. The predicted octanol–water partition coefficient (Wildman–Crippen LogP) is 12.7. The monoisotopic (exact) mass is 717 g/mol. The summed E-state index contributed by atoms with van der Waals surface area (Å²) < 4.78 is 6.52. The molecule has 0 atom stereocenters. The molecule has 9 aromatic rings. The molecule has 0 fully saturated rings. The maximum absolute atomic E-state index is 6.52. The topological polar surface area (TPSA) is 47.9 Å². The number of rotatable bonds is 7. The van der Waals surface area contributed by atoms with E-state index in [4.69, 9.17) is 19.7 Å². The summed E-state index contributed by atoms with van der Waals surface area (Å²) in [5.41, 5.74) is 11.2. The first kappa shape index (κ1) is 33.2. The van der Waals surface area contributed by atoms with E-state index in [1.54, 1.807) is 0 Å². The average Bonchev–Trinajstić information content (AvgIpc) is 3.29. The van der Waals surface area contributed by atoms with Crippen molar-refractivity contribution in [3.05, 3.63) is 235 Å². The second kappa shape index (κ2) is 14.1. The molecule has 8 aromatic carbocycles. The fourth-order valence-corrected chi connectivity index (χ4v) is 8.09. The van der Waals surface area contributed by atoms with Gasteiger partial charge in [-0.3, -0.25) is 0 Å². The first-order valence-corrected chi connectivity index (χ1v) is 18.9. The third kappa shape index (κ3) is 5.76. The molecule has 0 saturated heterocycles. The number of fused-ring (bicyclic) bond motifs is 2. The summed E-state index contributed by atoms with van der Waals surface area (Å²) in [5.74, 6) is 3.59. The predicted molar refractivity (Wildman–Crippen MR) is 225 cm³/mol. The maximum Gasteiger partial charge on any atom is 0.164 e. The van der Waals surface area contributed by atoms with Gasteiger partial charge in [0.05, 0.1) is 5.41 Å². The van der Waals surface area contributed by atoms with Crippen molar-refractivity contribution in [1.82, 2.24) is 15.0 Å². The number of benzene rings is 8. The second-order valence-electron chi connectivity index (χ2n) is 13.9. The van der Waals surface area contributed by atoms with Crippen molar-refractivity contribution >= 4 is 0 Å². The molecule has 4 nitrogen and oxygen atoms in total. The highest BCUT2D eigenvalue weighted by Crippen LogP contribution is 2.55. The Morgan fingerprint density at radius 2 is 0.679 bits per heavy atom. The Morgan fingerprint density at radius 3 is 1.29 bits per heavy atom. The van der Waals surface area contributed by atoms with Gasteiger partial charge >= 0.3 is 0 Å². The van der Waals surface area contributed by atoms with E-state index in [2.05, 4.69) is 158 Å². The van der Waals surface area contributed by atoms with Crippen LogP contribution in [-0.2, 0) is 5.41 Å². The van der Waals surface area contributed by atoms with E-state index in [-0.39, 0.29) is 0 Å². The van der Waals surface area contributed by atoms with E-state index in [9.17, 15) is 0 Å². The van der Waals surface area contributed by atoms with E-state index in [0.29, 0.717) is 17.5 Å². The van der Waals surface area contributed by atoms with Crippen molar-refractivity contribution < 1.29 is 4.74 Å². The normalized spacial score (nSPS) is 12.6. The molecule has 1 aromatic heterocycles. The Morgan fingerprint density at radius 1 is 0.286 bits per heavy atom. The second-order valence-corrected chi connectivity index (χ2v) is 13.9. The molecule has 0 radical (unpaired) electrons. The van der Waals surface area contributed by atoms with Crippen LogP contribution < -0.4 is 4.74 Å². The Labute approximate surface area is 326 Å². The molecule has 10 rings (SSSR count). The van der Waals surface area contributed by atoms with Crippen molar-refractivity contribution in [3.8, 4) is 67.9 Å². The van der Waals surface area contributed by atoms with Gasteiger partial charge < -0.3 is 4.74 Å². The van der Waals surface area contributed by atoms with Crippen LogP contribution in [0.3, 0.4) is 0 Å². The summed E-state index contributed by atoms with van der Waals surface area (Å²) in [6.07, 6.45) is 0. The van der Waals surface area contributed by atoms with Crippen molar-refractivity contribution in [2.75, 3.05) is 0 Å². The van der Waals surface area contributed by atoms with Crippen LogP contribution >= 0.6 is 0 Å². The molecule has 0 spiro atoms. The van der Waals surface area contributed by atoms with Crippen LogP contribution in [0.15, 0.2) is 212 Å². The molecule has 264 valence electrons. The standard InChI is InChI=1S/C52H35N3O/c1-4-16-36(17-5-1)37-28-30-40(31-29-37)50-53-49(39-18-6-2-7-19-39)54-51(55-50)44-23-11-10-22-43(44)38-32-34-42(35-33-38)52(41-20-8-3-9-21-41)45-24-12-14-26-47(45)56-48-27-15-13-25-46(48)52/h1-35H. The Bertz CT molecular complexity index is 2760. The summed E-state index contributed by atoms with van der Waals surface area (Å²) in [4.78, 5) is 15.3. The van der Waals surface area contributed by atoms with E-state index in [0.717, 1.165) is 61.6 Å². The van der Waals surface area contributed by atoms with Crippen LogP contribution in [0.4, 0.5) is 0 Å². The van der Waals surface area contributed by atoms with Crippen LogP contribution in [-0.4, -0.2) is 15.0 Å². The highest BCUT2D eigenvalue weighted by Gasteiger charge is 2.45. The fourth-order valence-electron chi connectivity index (χ4n) is 8.09.